The Bertz CT molecular complexity index is 754. The average Bonchev–Trinajstić information content (AvgIpc) is 2.93. The predicted octanol–water partition coefficient (Wildman–Crippen LogP) is 2.53. The van der Waals surface area contributed by atoms with Gasteiger partial charge in [0, 0.05) is 24.9 Å². The third-order valence-corrected chi connectivity index (χ3v) is 3.17. The van der Waals surface area contributed by atoms with Gasteiger partial charge in [0.15, 0.2) is 0 Å². The molecule has 3 rings (SSSR count). The van der Waals surface area contributed by atoms with Crippen LogP contribution in [0, 0.1) is 0 Å². The summed E-state index contributed by atoms with van der Waals surface area (Å²) in [5.74, 6) is 0.907. The van der Waals surface area contributed by atoms with Crippen molar-refractivity contribution in [3.63, 3.8) is 0 Å². The molecule has 0 aliphatic rings. The number of hydrogen-bond donors (Lipinski definition) is 2. The molecule has 0 unspecified atom stereocenters. The quantitative estimate of drug-likeness (QED) is 0.753. The average molecular weight is 284 g/mol. The van der Waals surface area contributed by atoms with E-state index in [1.807, 2.05) is 18.3 Å². The zero-order valence-corrected chi connectivity index (χ0v) is 11.7. The number of nitrogens with one attached hydrogen (secondary N) is 1. The first kappa shape index (κ1) is 13.4. The lowest BCUT2D eigenvalue weighted by molar-refractivity contribution is 0.183. The van der Waals surface area contributed by atoms with Gasteiger partial charge in [-0.15, -0.1) is 0 Å². The summed E-state index contributed by atoms with van der Waals surface area (Å²) >= 11 is 0. The van der Waals surface area contributed by atoms with Crippen molar-refractivity contribution in [1.29, 1.82) is 0 Å². The lowest BCUT2D eigenvalue weighted by Crippen LogP contribution is -2.03. The first-order chi connectivity index (χ1) is 10.3. The van der Waals surface area contributed by atoms with Gasteiger partial charge in [0.1, 0.15) is 11.6 Å². The Hall–Kier alpha value is -2.60. The molecule has 0 spiro atoms. The molecule has 0 saturated carbocycles. The van der Waals surface area contributed by atoms with E-state index in [1.54, 1.807) is 36.3 Å². The van der Waals surface area contributed by atoms with Gasteiger partial charge in [-0.25, -0.2) is 4.98 Å². The smallest absolute Gasteiger partial charge is 0.138 e. The number of methoxy groups -OCH3 is 1. The van der Waals surface area contributed by atoms with Crippen LogP contribution in [0.1, 0.15) is 0 Å². The minimum atomic E-state index is 0.217. The summed E-state index contributed by atoms with van der Waals surface area (Å²) in [6.07, 6.45) is 5.36. The molecular weight excluding hydrogens is 268 g/mol. The summed E-state index contributed by atoms with van der Waals surface area (Å²) in [5.41, 5.74) is 0.842. The van der Waals surface area contributed by atoms with Crippen LogP contribution in [0.15, 0.2) is 42.9 Å². The van der Waals surface area contributed by atoms with E-state index in [0.717, 1.165) is 16.5 Å². The van der Waals surface area contributed by atoms with Crippen LogP contribution in [0.3, 0.4) is 0 Å². The fraction of sp³-hybridized carbons (Fsp3) is 0.200. The van der Waals surface area contributed by atoms with Crippen LogP contribution in [0.5, 0.6) is 5.75 Å². The van der Waals surface area contributed by atoms with Crippen LogP contribution in [-0.2, 0) is 11.3 Å². The Morgan fingerprint density at radius 2 is 2.24 bits per heavy atom. The largest absolute Gasteiger partial charge is 0.508 e. The summed E-state index contributed by atoms with van der Waals surface area (Å²) in [6.45, 7) is 1.31. The van der Waals surface area contributed by atoms with Gasteiger partial charge in [-0.3, -0.25) is 4.68 Å². The van der Waals surface area contributed by atoms with Crippen LogP contribution in [0.4, 0.5) is 11.5 Å². The van der Waals surface area contributed by atoms with Crippen molar-refractivity contribution in [1.82, 2.24) is 14.8 Å². The zero-order chi connectivity index (χ0) is 14.7. The molecule has 108 valence electrons. The molecule has 0 radical (unpaired) electrons. The first-order valence-corrected chi connectivity index (χ1v) is 6.62. The Kier molecular flexibility index (Phi) is 3.70. The van der Waals surface area contributed by atoms with E-state index in [0.29, 0.717) is 19.0 Å². The van der Waals surface area contributed by atoms with Crippen molar-refractivity contribution in [2.75, 3.05) is 19.0 Å². The summed E-state index contributed by atoms with van der Waals surface area (Å²) in [7, 11) is 1.66. The first-order valence-electron chi connectivity index (χ1n) is 6.62. The van der Waals surface area contributed by atoms with Gasteiger partial charge in [-0.05, 0) is 23.6 Å². The van der Waals surface area contributed by atoms with Crippen LogP contribution >= 0.6 is 0 Å². The van der Waals surface area contributed by atoms with E-state index in [9.17, 15) is 5.11 Å². The van der Waals surface area contributed by atoms with E-state index in [4.69, 9.17) is 4.74 Å². The second-order valence-electron chi connectivity index (χ2n) is 4.67. The SMILES string of the molecule is COCCn1cc(Nc2nccc3ccc(O)cc23)cn1. The highest BCUT2D eigenvalue weighted by Gasteiger charge is 2.05. The summed E-state index contributed by atoms with van der Waals surface area (Å²) in [4.78, 5) is 4.33. The number of fused-ring (bicyclic) bond motifs is 1. The molecule has 6 nitrogen and oxygen atoms in total. The second-order valence-corrected chi connectivity index (χ2v) is 4.67. The van der Waals surface area contributed by atoms with Crippen molar-refractivity contribution < 1.29 is 9.84 Å². The highest BCUT2D eigenvalue weighted by Crippen LogP contribution is 2.27. The Labute approximate surface area is 122 Å². The number of nitrogens with zero attached hydrogens (tertiary/aromatic N) is 3. The monoisotopic (exact) mass is 284 g/mol. The zero-order valence-electron chi connectivity index (χ0n) is 11.7. The molecule has 0 saturated heterocycles. The Morgan fingerprint density at radius 3 is 3.10 bits per heavy atom. The molecule has 0 amide bonds. The van der Waals surface area contributed by atoms with Crippen molar-refractivity contribution in [2.45, 2.75) is 6.54 Å². The van der Waals surface area contributed by atoms with Crippen LogP contribution in [-0.4, -0.2) is 33.6 Å². The highest BCUT2D eigenvalue weighted by molar-refractivity contribution is 5.94. The van der Waals surface area contributed by atoms with E-state index in [-0.39, 0.29) is 5.75 Å². The number of rotatable bonds is 5. The van der Waals surface area contributed by atoms with E-state index in [2.05, 4.69) is 15.4 Å². The molecule has 21 heavy (non-hydrogen) atoms. The van der Waals surface area contributed by atoms with Crippen molar-refractivity contribution in [2.24, 2.45) is 0 Å². The molecule has 2 aromatic heterocycles. The fourth-order valence-corrected chi connectivity index (χ4v) is 2.13. The topological polar surface area (TPSA) is 72.2 Å². The lowest BCUT2D eigenvalue weighted by Gasteiger charge is -2.07. The molecule has 2 N–H and O–H groups in total. The maximum atomic E-state index is 9.64. The van der Waals surface area contributed by atoms with E-state index < -0.39 is 0 Å². The molecule has 0 fully saturated rings. The minimum absolute atomic E-state index is 0.217. The van der Waals surface area contributed by atoms with E-state index in [1.165, 1.54) is 0 Å². The number of hydrogen-bond acceptors (Lipinski definition) is 5. The van der Waals surface area contributed by atoms with Gasteiger partial charge in [0.05, 0.1) is 25.0 Å². The molecule has 3 aromatic rings. The van der Waals surface area contributed by atoms with Crippen LogP contribution in [0.2, 0.25) is 0 Å². The van der Waals surface area contributed by atoms with Gasteiger partial charge < -0.3 is 15.2 Å². The lowest BCUT2D eigenvalue weighted by atomic mass is 10.1. The van der Waals surface area contributed by atoms with E-state index >= 15 is 0 Å². The van der Waals surface area contributed by atoms with Gasteiger partial charge in [-0.1, -0.05) is 6.07 Å². The fourth-order valence-electron chi connectivity index (χ4n) is 2.13. The van der Waals surface area contributed by atoms with Crippen molar-refractivity contribution >= 4 is 22.3 Å². The number of aromatic hydroxyl groups is 1. The summed E-state index contributed by atoms with van der Waals surface area (Å²) < 4.78 is 6.82. The van der Waals surface area contributed by atoms with Crippen LogP contribution < -0.4 is 5.32 Å². The molecule has 2 heterocycles. The van der Waals surface area contributed by atoms with Gasteiger partial charge in [0.25, 0.3) is 0 Å². The number of benzene rings is 1. The Balaban J connectivity index is 1.87. The molecule has 0 aliphatic carbocycles. The molecule has 0 bridgehead atoms. The highest BCUT2D eigenvalue weighted by atomic mass is 16.5. The number of ether oxygens (including phenoxy) is 1. The summed E-state index contributed by atoms with van der Waals surface area (Å²) in [5, 5.41) is 19.0. The minimum Gasteiger partial charge on any atom is -0.508 e. The number of aromatic nitrogens is 3. The standard InChI is InChI=1S/C15H16N4O2/c1-21-7-6-19-10-12(9-17-19)18-15-14-8-13(20)3-2-11(14)4-5-16-15/h2-5,8-10,20H,6-7H2,1H3,(H,16,18). The maximum Gasteiger partial charge on any atom is 0.138 e. The van der Waals surface area contributed by atoms with Gasteiger partial charge in [0.2, 0.25) is 0 Å². The molecule has 0 atom stereocenters. The summed E-state index contributed by atoms with van der Waals surface area (Å²) in [6, 6.07) is 7.12. The molecule has 6 heteroatoms. The maximum absolute atomic E-state index is 9.64. The normalized spacial score (nSPS) is 10.9. The molecule has 0 aliphatic heterocycles. The number of pyridine rings is 1. The molecular formula is C15H16N4O2. The predicted molar refractivity (Wildman–Crippen MR) is 80.8 cm³/mol. The van der Waals surface area contributed by atoms with Gasteiger partial charge >= 0.3 is 0 Å². The van der Waals surface area contributed by atoms with Gasteiger partial charge in [-0.2, -0.15) is 5.10 Å². The Morgan fingerprint density at radius 1 is 1.33 bits per heavy atom. The third kappa shape index (κ3) is 2.95. The molecule has 1 aromatic carbocycles. The van der Waals surface area contributed by atoms with Crippen LogP contribution in [0.25, 0.3) is 10.8 Å². The van der Waals surface area contributed by atoms with Crippen molar-refractivity contribution in [3.8, 4) is 5.75 Å². The number of phenols is 1. The third-order valence-electron chi connectivity index (χ3n) is 3.17. The number of anilines is 2. The number of phenolic OH excluding ortho intramolecular Hbond substituents is 1. The van der Waals surface area contributed by atoms with Crippen molar-refractivity contribution in [3.05, 3.63) is 42.9 Å². The second kappa shape index (κ2) is 5.80.